The zero-order chi connectivity index (χ0) is 19.9. The van der Waals surface area contributed by atoms with E-state index >= 15 is 0 Å². The maximum Gasteiger partial charge on any atom is 0.494 e. The van der Waals surface area contributed by atoms with Crippen LogP contribution in [0.1, 0.15) is 41.5 Å². The Hall–Kier alpha value is -1.39. The second-order valence-corrected chi connectivity index (χ2v) is 9.07. The first kappa shape index (κ1) is 20.9. The zero-order valence-corrected chi connectivity index (χ0v) is 16.5. The van der Waals surface area contributed by atoms with E-state index in [4.69, 9.17) is 14.0 Å². The first-order valence-corrected chi connectivity index (χ1v) is 9.76. The number of anilines is 1. The van der Waals surface area contributed by atoms with Gasteiger partial charge in [-0.3, -0.25) is 4.72 Å². The van der Waals surface area contributed by atoms with E-state index in [0.717, 1.165) is 0 Å². The van der Waals surface area contributed by atoms with Crippen molar-refractivity contribution in [2.24, 2.45) is 0 Å². The number of rotatable bonds is 6. The molecule has 0 aromatic heterocycles. The van der Waals surface area contributed by atoms with Crippen molar-refractivity contribution in [3.63, 3.8) is 0 Å². The summed E-state index contributed by atoms with van der Waals surface area (Å²) >= 11 is 0. The fourth-order valence-corrected chi connectivity index (χ4v) is 2.86. The van der Waals surface area contributed by atoms with E-state index in [-0.39, 0.29) is 17.5 Å². The molecule has 6 nitrogen and oxygen atoms in total. The van der Waals surface area contributed by atoms with Gasteiger partial charge in [0.25, 0.3) is 10.0 Å². The molecule has 26 heavy (non-hydrogen) atoms. The lowest BCUT2D eigenvalue weighted by molar-refractivity contribution is 0.00578. The molecule has 1 fully saturated rings. The van der Waals surface area contributed by atoms with Crippen molar-refractivity contribution in [1.29, 1.82) is 0 Å². The molecule has 1 heterocycles. The summed E-state index contributed by atoms with van der Waals surface area (Å²) in [6.45, 7) is 11.1. The number of halogens is 2. The highest BCUT2D eigenvalue weighted by Crippen LogP contribution is 2.37. The smallest absolute Gasteiger partial charge is 0.489 e. The van der Waals surface area contributed by atoms with E-state index in [1.165, 1.54) is 12.1 Å². The number of nitrogens with one attached hydrogen (secondary N) is 1. The van der Waals surface area contributed by atoms with Gasteiger partial charge in [-0.15, -0.1) is 0 Å². The van der Waals surface area contributed by atoms with Crippen molar-refractivity contribution >= 4 is 28.3 Å². The minimum absolute atomic E-state index is 0.0701. The third-order valence-electron chi connectivity index (χ3n) is 4.38. The van der Waals surface area contributed by atoms with E-state index < -0.39 is 34.1 Å². The van der Waals surface area contributed by atoms with E-state index in [0.29, 0.717) is 5.46 Å². The van der Waals surface area contributed by atoms with Gasteiger partial charge in [0.15, 0.2) is 0 Å². The largest absolute Gasteiger partial charge is 0.494 e. The second kappa shape index (κ2) is 6.97. The molecule has 1 aromatic rings. The Balaban J connectivity index is 2.37. The van der Waals surface area contributed by atoms with Crippen LogP contribution in [0.2, 0.25) is 0 Å². The number of sulfonamides is 1. The van der Waals surface area contributed by atoms with Crippen molar-refractivity contribution in [1.82, 2.24) is 0 Å². The standard InChI is InChI=1S/C16H24BF2NO5S/c1-10(2)23-13-9-11(17-24-15(3,4)16(5,6)25-17)7-8-12(13)20-26(21,22)14(18)19/h7-10,14,20H,1-6H3. The summed E-state index contributed by atoms with van der Waals surface area (Å²) in [5.41, 5.74) is -0.571. The Kier molecular flexibility index (Phi) is 5.61. The first-order valence-electron chi connectivity index (χ1n) is 8.21. The average Bonchev–Trinajstić information content (AvgIpc) is 2.68. The second-order valence-electron chi connectivity index (χ2n) is 7.42. The molecule has 1 aromatic carbocycles. The summed E-state index contributed by atoms with van der Waals surface area (Å²) in [6.07, 6.45) is -0.293. The Morgan fingerprint density at radius 1 is 1.12 bits per heavy atom. The molecule has 1 aliphatic heterocycles. The fraction of sp³-hybridized carbons (Fsp3) is 0.625. The molecule has 0 aliphatic carbocycles. The van der Waals surface area contributed by atoms with E-state index in [1.54, 1.807) is 19.9 Å². The first-order chi connectivity index (χ1) is 11.7. The number of ether oxygens (including phenoxy) is 1. The Morgan fingerprint density at radius 3 is 2.12 bits per heavy atom. The van der Waals surface area contributed by atoms with Crippen LogP contribution in [-0.4, -0.2) is 38.6 Å². The maximum atomic E-state index is 12.7. The minimum Gasteiger partial charge on any atom is -0.489 e. The van der Waals surface area contributed by atoms with Crippen molar-refractivity contribution in [3.05, 3.63) is 18.2 Å². The lowest BCUT2D eigenvalue weighted by Crippen LogP contribution is -2.41. The number of alkyl halides is 2. The Labute approximate surface area is 153 Å². The number of hydrogen-bond acceptors (Lipinski definition) is 5. The van der Waals surface area contributed by atoms with Gasteiger partial charge in [0, 0.05) is 0 Å². The molecule has 146 valence electrons. The van der Waals surface area contributed by atoms with E-state index in [9.17, 15) is 17.2 Å². The lowest BCUT2D eigenvalue weighted by atomic mass is 9.79. The third-order valence-corrected chi connectivity index (χ3v) is 5.35. The summed E-state index contributed by atoms with van der Waals surface area (Å²) in [6, 6.07) is 4.45. The summed E-state index contributed by atoms with van der Waals surface area (Å²) < 4.78 is 67.6. The normalized spacial score (nSPS) is 19.2. The van der Waals surface area contributed by atoms with Gasteiger partial charge in [-0.2, -0.15) is 8.78 Å². The lowest BCUT2D eigenvalue weighted by Gasteiger charge is -2.32. The van der Waals surface area contributed by atoms with Crippen molar-refractivity contribution in [3.8, 4) is 5.75 Å². The highest BCUT2D eigenvalue weighted by molar-refractivity contribution is 7.93. The summed E-state index contributed by atoms with van der Waals surface area (Å²) in [5, 5.41) is 0. The van der Waals surface area contributed by atoms with E-state index in [1.807, 2.05) is 32.4 Å². The van der Waals surface area contributed by atoms with E-state index in [2.05, 4.69) is 0 Å². The van der Waals surface area contributed by atoms with Gasteiger partial charge in [0.2, 0.25) is 0 Å². The molecule has 0 unspecified atom stereocenters. The monoisotopic (exact) mass is 391 g/mol. The molecule has 0 spiro atoms. The Bertz CT molecular complexity index is 752. The SMILES string of the molecule is CC(C)Oc1cc(B2OC(C)(C)C(C)(C)O2)ccc1NS(=O)(=O)C(F)F. The van der Waals surface area contributed by atoms with Crippen molar-refractivity contribution in [2.75, 3.05) is 4.72 Å². The molecule has 1 N–H and O–H groups in total. The number of benzene rings is 1. The van der Waals surface area contributed by atoms with Crippen LogP contribution in [0.3, 0.4) is 0 Å². The van der Waals surface area contributed by atoms with Crippen molar-refractivity contribution < 1.29 is 31.2 Å². The fourth-order valence-electron chi connectivity index (χ4n) is 2.30. The van der Waals surface area contributed by atoms with Gasteiger partial charge < -0.3 is 14.0 Å². The zero-order valence-electron chi connectivity index (χ0n) is 15.7. The van der Waals surface area contributed by atoms with Crippen LogP contribution in [0.4, 0.5) is 14.5 Å². The van der Waals surface area contributed by atoms with Crippen LogP contribution < -0.4 is 14.9 Å². The predicted octanol–water partition coefficient (Wildman–Crippen LogP) is 2.74. The summed E-state index contributed by atoms with van der Waals surface area (Å²) in [4.78, 5) is 0. The summed E-state index contributed by atoms with van der Waals surface area (Å²) in [7, 11) is -5.49. The molecule has 0 radical (unpaired) electrons. The number of hydrogen-bond donors (Lipinski definition) is 1. The van der Waals surface area contributed by atoms with Gasteiger partial charge in [0.05, 0.1) is 23.0 Å². The van der Waals surface area contributed by atoms with Crippen LogP contribution in [0, 0.1) is 0 Å². The molecular formula is C16H24BF2NO5S. The minimum atomic E-state index is -4.80. The predicted molar refractivity (Wildman–Crippen MR) is 96.5 cm³/mol. The maximum absolute atomic E-state index is 12.7. The van der Waals surface area contributed by atoms with Gasteiger partial charge in [-0.05, 0) is 59.1 Å². The van der Waals surface area contributed by atoms with Crippen LogP contribution in [0.25, 0.3) is 0 Å². The molecule has 1 aliphatic rings. The Morgan fingerprint density at radius 2 is 1.65 bits per heavy atom. The average molecular weight is 391 g/mol. The summed E-state index contributed by atoms with van der Waals surface area (Å²) in [5.74, 6) is -3.42. The van der Waals surface area contributed by atoms with Gasteiger partial charge in [-0.25, -0.2) is 8.42 Å². The molecule has 10 heteroatoms. The van der Waals surface area contributed by atoms with Crippen LogP contribution in [-0.2, 0) is 19.3 Å². The molecule has 0 bridgehead atoms. The van der Waals surface area contributed by atoms with Crippen LogP contribution >= 0.6 is 0 Å². The molecular weight excluding hydrogens is 367 g/mol. The van der Waals surface area contributed by atoms with Gasteiger partial charge >= 0.3 is 12.9 Å². The topological polar surface area (TPSA) is 73.9 Å². The highest BCUT2D eigenvalue weighted by Gasteiger charge is 2.51. The molecule has 1 saturated heterocycles. The molecule has 0 atom stereocenters. The third kappa shape index (κ3) is 4.29. The molecule has 0 saturated carbocycles. The van der Waals surface area contributed by atoms with Crippen molar-refractivity contribution in [2.45, 2.75) is 64.6 Å². The van der Waals surface area contributed by atoms with Gasteiger partial charge in [0.1, 0.15) is 5.75 Å². The van der Waals surface area contributed by atoms with Gasteiger partial charge in [-0.1, -0.05) is 6.07 Å². The van der Waals surface area contributed by atoms with Crippen LogP contribution in [0.15, 0.2) is 18.2 Å². The highest BCUT2D eigenvalue weighted by atomic mass is 32.2. The quantitative estimate of drug-likeness (QED) is 0.755. The molecule has 0 amide bonds. The van der Waals surface area contributed by atoms with Crippen LogP contribution in [0.5, 0.6) is 5.75 Å². The molecule has 2 rings (SSSR count).